The molecule has 0 radical (unpaired) electrons. The molecule has 4 nitrogen and oxygen atoms in total. The van der Waals surface area contributed by atoms with E-state index in [0.717, 1.165) is 11.3 Å². The van der Waals surface area contributed by atoms with Gasteiger partial charge in [-0.25, -0.2) is 9.97 Å². The highest BCUT2D eigenvalue weighted by Crippen LogP contribution is 2.31. The molecule has 0 saturated heterocycles. The predicted octanol–water partition coefficient (Wildman–Crippen LogP) is 3.59. The number of ether oxygens (including phenoxy) is 1. The highest BCUT2D eigenvalue weighted by atomic mass is 79.9. The Bertz CT molecular complexity index is 560. The Balaban J connectivity index is 2.49. The Hall–Kier alpha value is -1.46. The van der Waals surface area contributed by atoms with Crippen molar-refractivity contribution < 1.29 is 4.74 Å². The largest absolute Gasteiger partial charge is 0.383 e. The number of benzene rings is 1. The van der Waals surface area contributed by atoms with E-state index in [0.29, 0.717) is 22.7 Å². The number of aromatic nitrogens is 2. The lowest BCUT2D eigenvalue weighted by Gasteiger charge is -2.14. The van der Waals surface area contributed by atoms with Gasteiger partial charge in [0.2, 0.25) is 0 Å². The second kappa shape index (κ2) is 6.12. The van der Waals surface area contributed by atoms with Crippen molar-refractivity contribution >= 4 is 21.7 Å². The monoisotopic (exact) mass is 321 g/mol. The van der Waals surface area contributed by atoms with Crippen LogP contribution >= 0.6 is 15.9 Å². The SMILES string of the molecule is CCOC(C)c1nc(N)c(Br)c(-c2ccccc2)n1. The number of nitrogens with zero attached hydrogens (tertiary/aromatic N) is 2. The van der Waals surface area contributed by atoms with E-state index < -0.39 is 0 Å². The average molecular weight is 322 g/mol. The third kappa shape index (κ3) is 3.11. The van der Waals surface area contributed by atoms with Crippen molar-refractivity contribution in [2.75, 3.05) is 12.3 Å². The van der Waals surface area contributed by atoms with Crippen molar-refractivity contribution in [2.45, 2.75) is 20.0 Å². The molecule has 2 aromatic rings. The van der Waals surface area contributed by atoms with E-state index in [1.54, 1.807) is 0 Å². The van der Waals surface area contributed by atoms with Gasteiger partial charge in [-0.15, -0.1) is 0 Å². The third-order valence-corrected chi connectivity index (χ3v) is 3.50. The molecular formula is C14H16BrN3O. The lowest BCUT2D eigenvalue weighted by molar-refractivity contribution is 0.0702. The zero-order valence-corrected chi connectivity index (χ0v) is 12.5. The molecule has 0 aliphatic carbocycles. The summed E-state index contributed by atoms with van der Waals surface area (Å²) in [6.07, 6.45) is -0.178. The Morgan fingerprint density at radius 2 is 1.95 bits per heavy atom. The summed E-state index contributed by atoms with van der Waals surface area (Å²) < 4.78 is 6.23. The van der Waals surface area contributed by atoms with E-state index in [1.165, 1.54) is 0 Å². The summed E-state index contributed by atoms with van der Waals surface area (Å²) in [6.45, 7) is 4.47. The summed E-state index contributed by atoms with van der Waals surface area (Å²) in [6, 6.07) is 9.87. The summed E-state index contributed by atoms with van der Waals surface area (Å²) in [5, 5.41) is 0. The fraction of sp³-hybridized carbons (Fsp3) is 0.286. The molecule has 1 heterocycles. The molecule has 19 heavy (non-hydrogen) atoms. The van der Waals surface area contributed by atoms with E-state index in [1.807, 2.05) is 44.2 Å². The zero-order chi connectivity index (χ0) is 13.8. The van der Waals surface area contributed by atoms with Crippen molar-refractivity contribution in [1.82, 2.24) is 9.97 Å². The van der Waals surface area contributed by atoms with E-state index in [9.17, 15) is 0 Å². The van der Waals surface area contributed by atoms with E-state index >= 15 is 0 Å². The fourth-order valence-electron chi connectivity index (χ4n) is 1.78. The van der Waals surface area contributed by atoms with Crippen LogP contribution in [0.5, 0.6) is 0 Å². The van der Waals surface area contributed by atoms with Gasteiger partial charge in [-0.1, -0.05) is 30.3 Å². The first-order valence-corrected chi connectivity index (χ1v) is 6.92. The molecule has 1 aromatic carbocycles. The first-order chi connectivity index (χ1) is 9.13. The molecule has 1 atom stereocenters. The topological polar surface area (TPSA) is 61.0 Å². The molecule has 0 spiro atoms. The molecule has 0 fully saturated rings. The minimum atomic E-state index is -0.178. The highest BCUT2D eigenvalue weighted by Gasteiger charge is 2.16. The maximum atomic E-state index is 5.94. The van der Waals surface area contributed by atoms with Gasteiger partial charge in [-0.05, 0) is 29.8 Å². The Kier molecular flexibility index (Phi) is 4.50. The minimum Gasteiger partial charge on any atom is -0.383 e. The van der Waals surface area contributed by atoms with Crippen LogP contribution in [0.25, 0.3) is 11.3 Å². The fourth-order valence-corrected chi connectivity index (χ4v) is 2.18. The number of hydrogen-bond donors (Lipinski definition) is 1. The van der Waals surface area contributed by atoms with Crippen LogP contribution in [0.1, 0.15) is 25.8 Å². The second-order valence-corrected chi connectivity index (χ2v) is 4.89. The van der Waals surface area contributed by atoms with Crippen LogP contribution in [-0.4, -0.2) is 16.6 Å². The van der Waals surface area contributed by atoms with Crippen LogP contribution < -0.4 is 5.73 Å². The maximum Gasteiger partial charge on any atom is 0.159 e. The Morgan fingerprint density at radius 3 is 2.58 bits per heavy atom. The van der Waals surface area contributed by atoms with Gasteiger partial charge in [0, 0.05) is 12.2 Å². The van der Waals surface area contributed by atoms with Crippen molar-refractivity contribution in [3.63, 3.8) is 0 Å². The molecule has 2 N–H and O–H groups in total. The summed E-state index contributed by atoms with van der Waals surface area (Å²) in [5.41, 5.74) is 7.72. The number of nitrogen functional groups attached to an aromatic ring is 1. The van der Waals surface area contributed by atoms with Gasteiger partial charge in [-0.3, -0.25) is 0 Å². The molecule has 100 valence electrons. The van der Waals surface area contributed by atoms with Crippen LogP contribution in [-0.2, 0) is 4.74 Å². The zero-order valence-electron chi connectivity index (χ0n) is 10.9. The van der Waals surface area contributed by atoms with Crippen molar-refractivity contribution in [3.05, 3.63) is 40.6 Å². The first-order valence-electron chi connectivity index (χ1n) is 6.13. The average Bonchev–Trinajstić information content (AvgIpc) is 2.43. The van der Waals surface area contributed by atoms with E-state index in [-0.39, 0.29) is 6.10 Å². The third-order valence-electron chi connectivity index (χ3n) is 2.72. The van der Waals surface area contributed by atoms with Crippen LogP contribution in [0, 0.1) is 0 Å². The van der Waals surface area contributed by atoms with Crippen molar-refractivity contribution in [2.24, 2.45) is 0 Å². The number of anilines is 1. The molecule has 0 aliphatic rings. The summed E-state index contributed by atoms with van der Waals surface area (Å²) in [4.78, 5) is 8.83. The van der Waals surface area contributed by atoms with Gasteiger partial charge in [0.1, 0.15) is 11.9 Å². The molecule has 0 amide bonds. The summed E-state index contributed by atoms with van der Waals surface area (Å²) in [5.74, 6) is 1.02. The Morgan fingerprint density at radius 1 is 1.26 bits per heavy atom. The number of rotatable bonds is 4. The van der Waals surface area contributed by atoms with Gasteiger partial charge >= 0.3 is 0 Å². The normalized spacial score (nSPS) is 12.4. The standard InChI is InChI=1S/C14H16BrN3O/c1-3-19-9(2)14-17-12(11(15)13(16)18-14)10-7-5-4-6-8-10/h4-9H,3H2,1-2H3,(H2,16,17,18). The van der Waals surface area contributed by atoms with E-state index in [2.05, 4.69) is 25.9 Å². The van der Waals surface area contributed by atoms with Gasteiger partial charge in [-0.2, -0.15) is 0 Å². The van der Waals surface area contributed by atoms with Crippen LogP contribution in [0.4, 0.5) is 5.82 Å². The van der Waals surface area contributed by atoms with Crippen LogP contribution in [0.15, 0.2) is 34.8 Å². The molecule has 0 bridgehead atoms. The van der Waals surface area contributed by atoms with E-state index in [4.69, 9.17) is 10.5 Å². The molecule has 2 rings (SSSR count). The quantitative estimate of drug-likeness (QED) is 0.934. The lowest BCUT2D eigenvalue weighted by Crippen LogP contribution is -2.09. The molecule has 0 aliphatic heterocycles. The highest BCUT2D eigenvalue weighted by molar-refractivity contribution is 9.10. The molecule has 1 aromatic heterocycles. The smallest absolute Gasteiger partial charge is 0.159 e. The number of halogens is 1. The summed E-state index contributed by atoms with van der Waals surface area (Å²) >= 11 is 3.45. The molecule has 1 unspecified atom stereocenters. The Labute approximate surface area is 121 Å². The van der Waals surface area contributed by atoms with Crippen molar-refractivity contribution in [3.8, 4) is 11.3 Å². The lowest BCUT2D eigenvalue weighted by atomic mass is 10.1. The van der Waals surface area contributed by atoms with Crippen LogP contribution in [0.2, 0.25) is 0 Å². The number of nitrogens with two attached hydrogens (primary N) is 1. The summed E-state index contributed by atoms with van der Waals surface area (Å²) in [7, 11) is 0. The van der Waals surface area contributed by atoms with Gasteiger partial charge in [0.15, 0.2) is 5.82 Å². The first kappa shape index (κ1) is 14.0. The van der Waals surface area contributed by atoms with Gasteiger partial charge < -0.3 is 10.5 Å². The molecule has 0 saturated carbocycles. The molecular weight excluding hydrogens is 306 g/mol. The van der Waals surface area contributed by atoms with Gasteiger partial charge in [0.05, 0.1) is 10.2 Å². The van der Waals surface area contributed by atoms with Gasteiger partial charge in [0.25, 0.3) is 0 Å². The number of hydrogen-bond acceptors (Lipinski definition) is 4. The maximum absolute atomic E-state index is 5.94. The second-order valence-electron chi connectivity index (χ2n) is 4.09. The molecule has 5 heteroatoms. The van der Waals surface area contributed by atoms with Crippen LogP contribution in [0.3, 0.4) is 0 Å². The minimum absolute atomic E-state index is 0.178. The predicted molar refractivity (Wildman–Crippen MR) is 79.6 cm³/mol. The van der Waals surface area contributed by atoms with Crippen molar-refractivity contribution in [1.29, 1.82) is 0 Å².